The summed E-state index contributed by atoms with van der Waals surface area (Å²) in [6.07, 6.45) is 8.30. The summed E-state index contributed by atoms with van der Waals surface area (Å²) in [7, 11) is 0. The van der Waals surface area contributed by atoms with Gasteiger partial charge in [0.15, 0.2) is 0 Å². The zero-order valence-electron chi connectivity index (χ0n) is 10.3. The lowest BCUT2D eigenvalue weighted by Gasteiger charge is -2.27. The molecule has 1 aliphatic carbocycles. The van der Waals surface area contributed by atoms with Crippen LogP contribution in [0.1, 0.15) is 51.0 Å². The van der Waals surface area contributed by atoms with E-state index in [0.717, 1.165) is 25.7 Å². The third-order valence-corrected chi connectivity index (χ3v) is 4.02. The van der Waals surface area contributed by atoms with E-state index in [-0.39, 0.29) is 5.82 Å². The SMILES string of the molecule is CCC1CCCC(O)(c2ccncc2F)CC1. The zero-order valence-corrected chi connectivity index (χ0v) is 10.3. The fourth-order valence-electron chi connectivity index (χ4n) is 2.83. The molecule has 0 radical (unpaired) electrons. The molecule has 1 N–H and O–H groups in total. The molecule has 0 amide bonds. The summed E-state index contributed by atoms with van der Waals surface area (Å²) in [5, 5.41) is 10.6. The highest BCUT2D eigenvalue weighted by molar-refractivity contribution is 5.21. The van der Waals surface area contributed by atoms with E-state index in [1.54, 1.807) is 12.3 Å². The minimum absolute atomic E-state index is 0.384. The molecule has 1 heterocycles. The van der Waals surface area contributed by atoms with E-state index >= 15 is 0 Å². The molecule has 3 heteroatoms. The van der Waals surface area contributed by atoms with Crippen molar-refractivity contribution < 1.29 is 9.50 Å². The minimum Gasteiger partial charge on any atom is -0.385 e. The Kier molecular flexibility index (Phi) is 3.77. The van der Waals surface area contributed by atoms with Crippen LogP contribution in [0.5, 0.6) is 0 Å². The molecule has 2 rings (SSSR count). The smallest absolute Gasteiger partial charge is 0.147 e. The molecule has 1 aromatic heterocycles. The Balaban J connectivity index is 2.21. The maximum Gasteiger partial charge on any atom is 0.147 e. The van der Waals surface area contributed by atoms with Crippen molar-refractivity contribution in [3.05, 3.63) is 29.8 Å². The monoisotopic (exact) mass is 237 g/mol. The summed E-state index contributed by atoms with van der Waals surface area (Å²) < 4.78 is 13.7. The number of halogens is 1. The van der Waals surface area contributed by atoms with E-state index in [2.05, 4.69) is 11.9 Å². The standard InChI is InChI=1S/C14H20FNO/c1-2-11-4-3-7-14(17,8-5-11)12-6-9-16-10-13(12)15/h6,9-11,17H,2-5,7-8H2,1H3. The average Bonchev–Trinajstić information content (AvgIpc) is 2.52. The lowest BCUT2D eigenvalue weighted by atomic mass is 9.86. The fraction of sp³-hybridized carbons (Fsp3) is 0.643. The fourth-order valence-corrected chi connectivity index (χ4v) is 2.83. The predicted molar refractivity (Wildman–Crippen MR) is 65.0 cm³/mol. The van der Waals surface area contributed by atoms with Gasteiger partial charge in [-0.25, -0.2) is 4.39 Å². The second-order valence-corrected chi connectivity index (χ2v) is 5.09. The van der Waals surface area contributed by atoms with Gasteiger partial charge in [-0.2, -0.15) is 0 Å². The molecule has 1 aromatic rings. The van der Waals surface area contributed by atoms with Gasteiger partial charge in [0.1, 0.15) is 5.82 Å². The number of pyridine rings is 1. The van der Waals surface area contributed by atoms with Crippen molar-refractivity contribution >= 4 is 0 Å². The Morgan fingerprint density at radius 3 is 3.00 bits per heavy atom. The lowest BCUT2D eigenvalue weighted by Crippen LogP contribution is -2.26. The minimum atomic E-state index is -0.989. The van der Waals surface area contributed by atoms with E-state index in [0.29, 0.717) is 24.3 Å². The molecule has 1 fully saturated rings. The first kappa shape index (κ1) is 12.5. The molecule has 0 aromatic carbocycles. The molecule has 2 unspecified atom stereocenters. The Labute approximate surface area is 102 Å². The Bertz CT molecular complexity index is 382. The first-order valence-corrected chi connectivity index (χ1v) is 6.48. The van der Waals surface area contributed by atoms with Crippen LogP contribution in [0.25, 0.3) is 0 Å². The maximum atomic E-state index is 13.7. The Morgan fingerprint density at radius 2 is 2.29 bits per heavy atom. The molecular weight excluding hydrogens is 217 g/mol. The van der Waals surface area contributed by atoms with Gasteiger partial charge in [-0.3, -0.25) is 4.98 Å². The highest BCUT2D eigenvalue weighted by atomic mass is 19.1. The van der Waals surface area contributed by atoms with Crippen molar-refractivity contribution in [2.45, 2.75) is 51.0 Å². The first-order chi connectivity index (χ1) is 8.15. The van der Waals surface area contributed by atoms with Crippen LogP contribution < -0.4 is 0 Å². The van der Waals surface area contributed by atoms with Crippen LogP contribution in [0.3, 0.4) is 0 Å². The van der Waals surface area contributed by atoms with Gasteiger partial charge in [0.05, 0.1) is 11.8 Å². The molecule has 0 saturated heterocycles. The molecule has 2 atom stereocenters. The number of rotatable bonds is 2. The summed E-state index contributed by atoms with van der Waals surface area (Å²) in [6.45, 7) is 2.18. The highest BCUT2D eigenvalue weighted by Crippen LogP contribution is 2.39. The summed E-state index contributed by atoms with van der Waals surface area (Å²) in [4.78, 5) is 3.74. The van der Waals surface area contributed by atoms with E-state index in [4.69, 9.17) is 0 Å². The van der Waals surface area contributed by atoms with Gasteiger partial charge in [-0.15, -0.1) is 0 Å². The summed E-state index contributed by atoms with van der Waals surface area (Å²) in [5.74, 6) is 0.291. The van der Waals surface area contributed by atoms with Gasteiger partial charge < -0.3 is 5.11 Å². The average molecular weight is 237 g/mol. The number of nitrogens with zero attached hydrogens (tertiary/aromatic N) is 1. The van der Waals surface area contributed by atoms with Crippen molar-refractivity contribution in [3.8, 4) is 0 Å². The van der Waals surface area contributed by atoms with Gasteiger partial charge in [-0.05, 0) is 37.7 Å². The van der Waals surface area contributed by atoms with E-state index in [1.807, 2.05) is 0 Å². The van der Waals surface area contributed by atoms with Crippen molar-refractivity contribution in [1.29, 1.82) is 0 Å². The van der Waals surface area contributed by atoms with Gasteiger partial charge >= 0.3 is 0 Å². The normalized spacial score (nSPS) is 29.9. The summed E-state index contributed by atoms with van der Waals surface area (Å²) in [6, 6.07) is 1.61. The van der Waals surface area contributed by atoms with Crippen LogP contribution in [0.2, 0.25) is 0 Å². The summed E-state index contributed by atoms with van der Waals surface area (Å²) >= 11 is 0. The van der Waals surface area contributed by atoms with Crippen LogP contribution in [0, 0.1) is 11.7 Å². The van der Waals surface area contributed by atoms with Crippen molar-refractivity contribution in [3.63, 3.8) is 0 Å². The van der Waals surface area contributed by atoms with Crippen molar-refractivity contribution in [1.82, 2.24) is 4.98 Å². The molecule has 0 aliphatic heterocycles. The first-order valence-electron chi connectivity index (χ1n) is 6.48. The van der Waals surface area contributed by atoms with Crippen LogP contribution in [0.15, 0.2) is 18.5 Å². The third-order valence-electron chi connectivity index (χ3n) is 4.02. The molecule has 2 nitrogen and oxygen atoms in total. The number of aromatic nitrogens is 1. The van der Waals surface area contributed by atoms with E-state index in [1.165, 1.54) is 6.20 Å². The zero-order chi connectivity index (χ0) is 12.3. The molecule has 1 aliphatic rings. The highest BCUT2D eigenvalue weighted by Gasteiger charge is 2.34. The van der Waals surface area contributed by atoms with Gasteiger partial charge in [0, 0.05) is 11.8 Å². The van der Waals surface area contributed by atoms with Crippen LogP contribution >= 0.6 is 0 Å². The number of aliphatic hydroxyl groups is 1. The van der Waals surface area contributed by atoms with Crippen LogP contribution in [0.4, 0.5) is 4.39 Å². The lowest BCUT2D eigenvalue weighted by molar-refractivity contribution is 0.0161. The van der Waals surface area contributed by atoms with Gasteiger partial charge in [0.25, 0.3) is 0 Å². The van der Waals surface area contributed by atoms with Gasteiger partial charge in [0.2, 0.25) is 0 Å². The topological polar surface area (TPSA) is 33.1 Å². The number of hydrogen-bond acceptors (Lipinski definition) is 2. The molecule has 1 saturated carbocycles. The van der Waals surface area contributed by atoms with E-state index < -0.39 is 5.60 Å². The molecule has 0 bridgehead atoms. The second kappa shape index (κ2) is 5.13. The quantitative estimate of drug-likeness (QED) is 0.800. The van der Waals surface area contributed by atoms with Crippen molar-refractivity contribution in [2.24, 2.45) is 5.92 Å². The molecule has 17 heavy (non-hydrogen) atoms. The second-order valence-electron chi connectivity index (χ2n) is 5.09. The number of hydrogen-bond donors (Lipinski definition) is 1. The maximum absolute atomic E-state index is 13.7. The van der Waals surface area contributed by atoms with E-state index in [9.17, 15) is 9.50 Å². The largest absolute Gasteiger partial charge is 0.385 e. The predicted octanol–water partition coefficient (Wildman–Crippen LogP) is 3.40. The molecule has 0 spiro atoms. The van der Waals surface area contributed by atoms with Crippen LogP contribution in [-0.4, -0.2) is 10.1 Å². The Morgan fingerprint density at radius 1 is 1.47 bits per heavy atom. The van der Waals surface area contributed by atoms with Gasteiger partial charge in [-0.1, -0.05) is 19.8 Å². The molecular formula is C14H20FNO. The van der Waals surface area contributed by atoms with Crippen LogP contribution in [-0.2, 0) is 5.60 Å². The summed E-state index contributed by atoms with van der Waals surface area (Å²) in [5.41, 5.74) is -0.569. The third kappa shape index (κ3) is 2.65. The molecule has 94 valence electrons. The van der Waals surface area contributed by atoms with Crippen molar-refractivity contribution in [2.75, 3.05) is 0 Å². The Hall–Kier alpha value is -0.960.